The molecule has 0 unspecified atom stereocenters. The molecule has 0 aliphatic rings. The van der Waals surface area contributed by atoms with Gasteiger partial charge < -0.3 is 9.84 Å². The van der Waals surface area contributed by atoms with E-state index in [1.54, 1.807) is 25.5 Å². The normalized spacial score (nSPS) is 11.0. The number of hydrogen-bond acceptors (Lipinski definition) is 5. The van der Waals surface area contributed by atoms with Crippen LogP contribution in [0.25, 0.3) is 10.9 Å². The van der Waals surface area contributed by atoms with Crippen molar-refractivity contribution in [3.63, 3.8) is 0 Å². The molecule has 1 aromatic heterocycles. The second-order valence-corrected chi connectivity index (χ2v) is 5.54. The molecule has 0 spiro atoms. The first-order valence-corrected chi connectivity index (χ1v) is 7.71. The Balaban J connectivity index is 1.80. The van der Waals surface area contributed by atoms with E-state index in [4.69, 9.17) is 21.4 Å². The highest BCUT2D eigenvalue weighted by molar-refractivity contribution is 6.32. The number of nitrogens with one attached hydrogen (secondary N) is 1. The first-order chi connectivity index (χ1) is 12.1. The molecule has 0 amide bonds. The maximum absolute atomic E-state index is 10.8. The van der Waals surface area contributed by atoms with Crippen LogP contribution in [0.15, 0.2) is 53.6 Å². The van der Waals surface area contributed by atoms with Crippen LogP contribution < -0.4 is 10.2 Å². The van der Waals surface area contributed by atoms with Crippen molar-refractivity contribution >= 4 is 40.4 Å². The van der Waals surface area contributed by atoms with Crippen LogP contribution >= 0.6 is 11.6 Å². The zero-order valence-corrected chi connectivity index (χ0v) is 14.0. The summed E-state index contributed by atoms with van der Waals surface area (Å²) < 4.78 is 5.21. The predicted molar refractivity (Wildman–Crippen MR) is 97.9 cm³/mol. The van der Waals surface area contributed by atoms with Crippen molar-refractivity contribution in [2.45, 2.75) is 0 Å². The van der Waals surface area contributed by atoms with Gasteiger partial charge in [-0.2, -0.15) is 5.10 Å². The number of halogens is 1. The van der Waals surface area contributed by atoms with E-state index in [9.17, 15) is 4.79 Å². The van der Waals surface area contributed by atoms with Gasteiger partial charge >= 0.3 is 5.97 Å². The molecule has 2 N–H and O–H groups in total. The Kier molecular flexibility index (Phi) is 4.81. The monoisotopic (exact) mass is 355 g/mol. The number of benzene rings is 2. The van der Waals surface area contributed by atoms with Crippen molar-refractivity contribution in [2.24, 2.45) is 5.10 Å². The van der Waals surface area contributed by atoms with Crippen LogP contribution in [0.4, 0.5) is 5.69 Å². The number of fused-ring (bicyclic) bond motifs is 1. The Labute approximate surface area is 148 Å². The average molecular weight is 356 g/mol. The summed E-state index contributed by atoms with van der Waals surface area (Å²) >= 11 is 6.19. The Bertz CT molecular complexity index is 956. The lowest BCUT2D eigenvalue weighted by atomic mass is 10.1. The quantitative estimate of drug-likeness (QED) is 0.410. The second kappa shape index (κ2) is 7.19. The third kappa shape index (κ3) is 3.87. The fourth-order valence-electron chi connectivity index (χ4n) is 2.23. The number of hydrogen-bond donors (Lipinski definition) is 2. The number of pyridine rings is 1. The number of hydrazone groups is 1. The van der Waals surface area contributed by atoms with E-state index in [0.29, 0.717) is 16.4 Å². The average Bonchev–Trinajstić information content (AvgIpc) is 2.62. The largest absolute Gasteiger partial charge is 0.497 e. The highest BCUT2D eigenvalue weighted by atomic mass is 35.5. The molecule has 1 heterocycles. The minimum atomic E-state index is -0.973. The van der Waals surface area contributed by atoms with E-state index in [-0.39, 0.29) is 5.56 Å². The molecule has 0 fully saturated rings. The van der Waals surface area contributed by atoms with E-state index in [2.05, 4.69) is 15.5 Å². The number of carboxylic acid groups (broad SMARTS) is 1. The summed E-state index contributed by atoms with van der Waals surface area (Å²) in [7, 11) is 1.60. The molecule has 2 aromatic carbocycles. The van der Waals surface area contributed by atoms with E-state index >= 15 is 0 Å². The predicted octanol–water partition coefficient (Wildman–Crippen LogP) is 4.04. The first-order valence-electron chi connectivity index (χ1n) is 7.33. The molecule has 25 heavy (non-hydrogen) atoms. The highest BCUT2D eigenvalue weighted by Crippen LogP contribution is 2.23. The molecule has 0 aliphatic carbocycles. The lowest BCUT2D eigenvalue weighted by Crippen LogP contribution is -1.97. The van der Waals surface area contributed by atoms with Gasteiger partial charge in [0.25, 0.3) is 0 Å². The van der Waals surface area contributed by atoms with E-state index in [1.165, 1.54) is 12.1 Å². The van der Waals surface area contributed by atoms with Gasteiger partial charge in [0.15, 0.2) is 0 Å². The van der Waals surface area contributed by atoms with Gasteiger partial charge in [-0.05, 0) is 48.5 Å². The van der Waals surface area contributed by atoms with Gasteiger partial charge in [-0.1, -0.05) is 11.6 Å². The molecule has 0 saturated heterocycles. The van der Waals surface area contributed by atoms with Crippen molar-refractivity contribution < 1.29 is 14.6 Å². The molecule has 0 aliphatic heterocycles. The van der Waals surface area contributed by atoms with Gasteiger partial charge in [0.05, 0.1) is 30.1 Å². The van der Waals surface area contributed by atoms with Crippen LogP contribution in [0.1, 0.15) is 15.9 Å². The topological polar surface area (TPSA) is 83.8 Å². The number of ether oxygens (including phenoxy) is 1. The lowest BCUT2D eigenvalue weighted by molar-refractivity contribution is 0.0697. The summed E-state index contributed by atoms with van der Waals surface area (Å²) in [6.45, 7) is 0. The SMILES string of the molecule is COc1ccc2nc(Cl)c(/C=N/Nc3ccc(C(=O)O)cc3)cc2c1. The number of aromatic carboxylic acids is 1. The van der Waals surface area contributed by atoms with Crippen LogP contribution in [0, 0.1) is 0 Å². The Morgan fingerprint density at radius 2 is 2.00 bits per heavy atom. The lowest BCUT2D eigenvalue weighted by Gasteiger charge is -2.05. The summed E-state index contributed by atoms with van der Waals surface area (Å²) in [4.78, 5) is 15.2. The molecule has 0 saturated carbocycles. The summed E-state index contributed by atoms with van der Waals surface area (Å²) in [5, 5.41) is 14.2. The molecule has 3 rings (SSSR count). The molecular formula is C18H14ClN3O3. The summed E-state index contributed by atoms with van der Waals surface area (Å²) in [5.41, 5.74) is 5.11. The van der Waals surface area contributed by atoms with Crippen molar-refractivity contribution in [3.05, 3.63) is 64.8 Å². The number of nitrogens with zero attached hydrogens (tertiary/aromatic N) is 2. The van der Waals surface area contributed by atoms with Crippen LogP contribution in [-0.4, -0.2) is 29.4 Å². The van der Waals surface area contributed by atoms with Crippen LogP contribution in [-0.2, 0) is 0 Å². The first kappa shape index (κ1) is 16.7. The number of rotatable bonds is 5. The number of aromatic nitrogens is 1. The van der Waals surface area contributed by atoms with E-state index in [1.807, 2.05) is 24.3 Å². The molecule has 3 aromatic rings. The van der Waals surface area contributed by atoms with Gasteiger partial charge in [-0.3, -0.25) is 5.43 Å². The van der Waals surface area contributed by atoms with Gasteiger partial charge in [-0.25, -0.2) is 9.78 Å². The Hall–Kier alpha value is -3.12. The summed E-state index contributed by atoms with van der Waals surface area (Å²) in [6, 6.07) is 13.6. The van der Waals surface area contributed by atoms with Crippen molar-refractivity contribution in [2.75, 3.05) is 12.5 Å². The molecule has 0 atom stereocenters. The Morgan fingerprint density at radius 1 is 1.24 bits per heavy atom. The summed E-state index contributed by atoms with van der Waals surface area (Å²) in [6.07, 6.45) is 1.55. The number of anilines is 1. The third-order valence-electron chi connectivity index (χ3n) is 3.53. The molecule has 126 valence electrons. The van der Waals surface area contributed by atoms with Crippen LogP contribution in [0.2, 0.25) is 5.15 Å². The fraction of sp³-hybridized carbons (Fsp3) is 0.0556. The molecule has 6 nitrogen and oxygen atoms in total. The molecule has 0 bridgehead atoms. The second-order valence-electron chi connectivity index (χ2n) is 5.18. The number of carbonyl (C=O) groups is 1. The highest BCUT2D eigenvalue weighted by Gasteiger charge is 2.05. The number of carboxylic acids is 1. The fourth-order valence-corrected chi connectivity index (χ4v) is 2.42. The maximum Gasteiger partial charge on any atom is 0.335 e. The third-order valence-corrected chi connectivity index (χ3v) is 3.83. The van der Waals surface area contributed by atoms with Gasteiger partial charge in [0.1, 0.15) is 10.9 Å². The van der Waals surface area contributed by atoms with Crippen molar-refractivity contribution in [1.29, 1.82) is 0 Å². The summed E-state index contributed by atoms with van der Waals surface area (Å²) in [5.74, 6) is -0.240. The zero-order chi connectivity index (χ0) is 17.8. The minimum absolute atomic E-state index is 0.213. The number of methoxy groups -OCH3 is 1. The molecular weight excluding hydrogens is 342 g/mol. The smallest absolute Gasteiger partial charge is 0.335 e. The van der Waals surface area contributed by atoms with E-state index < -0.39 is 5.97 Å². The standard InChI is InChI=1S/C18H14ClN3O3/c1-25-15-6-7-16-12(9-15)8-13(17(19)21-16)10-20-22-14-4-2-11(3-5-14)18(23)24/h2-10,22H,1H3,(H,23,24)/b20-10+. The van der Waals surface area contributed by atoms with Crippen molar-refractivity contribution in [3.8, 4) is 5.75 Å². The zero-order valence-electron chi connectivity index (χ0n) is 13.2. The minimum Gasteiger partial charge on any atom is -0.497 e. The maximum atomic E-state index is 10.8. The molecule has 7 heteroatoms. The van der Waals surface area contributed by atoms with Gasteiger partial charge in [-0.15, -0.1) is 0 Å². The van der Waals surface area contributed by atoms with Gasteiger partial charge in [0.2, 0.25) is 0 Å². The van der Waals surface area contributed by atoms with Gasteiger partial charge in [0, 0.05) is 10.9 Å². The van der Waals surface area contributed by atoms with E-state index in [0.717, 1.165) is 16.7 Å². The van der Waals surface area contributed by atoms with Crippen LogP contribution in [0.5, 0.6) is 5.75 Å². The van der Waals surface area contributed by atoms with Crippen LogP contribution in [0.3, 0.4) is 0 Å². The Morgan fingerprint density at radius 3 is 2.68 bits per heavy atom. The van der Waals surface area contributed by atoms with Crippen molar-refractivity contribution in [1.82, 2.24) is 4.98 Å². The molecule has 0 radical (unpaired) electrons.